The first-order valence-electron chi connectivity index (χ1n) is 6.60. The third-order valence-electron chi connectivity index (χ3n) is 2.49. The highest BCUT2D eigenvalue weighted by Gasteiger charge is 2.18. The zero-order valence-electron chi connectivity index (χ0n) is 12.8. The monoisotopic (exact) mass is 310 g/mol. The molecule has 0 radical (unpaired) electrons. The van der Waals surface area contributed by atoms with Gasteiger partial charge in [0.2, 0.25) is 6.29 Å². The van der Waals surface area contributed by atoms with Crippen LogP contribution in [0.15, 0.2) is 24.3 Å². The van der Waals surface area contributed by atoms with Crippen molar-refractivity contribution in [2.45, 2.75) is 27.1 Å². The lowest BCUT2D eigenvalue weighted by molar-refractivity contribution is -0.170. The second kappa shape index (κ2) is 8.02. The lowest BCUT2D eigenvalue weighted by Crippen LogP contribution is -2.25. The van der Waals surface area contributed by atoms with Gasteiger partial charge < -0.3 is 18.9 Å². The van der Waals surface area contributed by atoms with Crippen LogP contribution in [0.4, 0.5) is 4.79 Å². The molecule has 0 aromatic heterocycles. The molecule has 0 unspecified atom stereocenters. The van der Waals surface area contributed by atoms with Crippen molar-refractivity contribution in [3.63, 3.8) is 0 Å². The standard InChI is InChI=1S/C15H18O7/c1-9(2)13(16)20-10(3)21-15(18)22-12-7-5-11(6-8-12)14(17)19-4/h5-10H,1-4H3/t10-/m1/s1. The Morgan fingerprint density at radius 1 is 0.955 bits per heavy atom. The van der Waals surface area contributed by atoms with E-state index in [2.05, 4.69) is 4.74 Å². The molecule has 7 nitrogen and oxygen atoms in total. The molecule has 1 atom stereocenters. The van der Waals surface area contributed by atoms with Crippen molar-refractivity contribution in [2.75, 3.05) is 7.11 Å². The molecule has 1 rings (SSSR count). The van der Waals surface area contributed by atoms with Gasteiger partial charge in [-0.3, -0.25) is 4.79 Å². The van der Waals surface area contributed by atoms with Gasteiger partial charge in [-0.2, -0.15) is 0 Å². The highest BCUT2D eigenvalue weighted by molar-refractivity contribution is 5.89. The Hall–Kier alpha value is -2.57. The van der Waals surface area contributed by atoms with Crippen LogP contribution >= 0.6 is 0 Å². The molecule has 0 N–H and O–H groups in total. The first kappa shape index (κ1) is 17.5. The van der Waals surface area contributed by atoms with Crippen LogP contribution in [0.25, 0.3) is 0 Å². The summed E-state index contributed by atoms with van der Waals surface area (Å²) in [5.41, 5.74) is 0.322. The Morgan fingerprint density at radius 2 is 1.55 bits per heavy atom. The molecule has 0 bridgehead atoms. The summed E-state index contributed by atoms with van der Waals surface area (Å²) < 4.78 is 19.1. The number of esters is 2. The minimum atomic E-state index is -1.06. The van der Waals surface area contributed by atoms with Crippen LogP contribution in [0.1, 0.15) is 31.1 Å². The van der Waals surface area contributed by atoms with Gasteiger partial charge in [0.1, 0.15) is 5.75 Å². The molecule has 0 spiro atoms. The molecule has 1 aromatic carbocycles. The SMILES string of the molecule is COC(=O)c1ccc(OC(=O)O[C@H](C)OC(=O)C(C)C)cc1. The van der Waals surface area contributed by atoms with E-state index in [1.807, 2.05) is 0 Å². The van der Waals surface area contributed by atoms with Gasteiger partial charge in [0.15, 0.2) is 0 Å². The van der Waals surface area contributed by atoms with Crippen LogP contribution in [0.3, 0.4) is 0 Å². The van der Waals surface area contributed by atoms with Crippen molar-refractivity contribution >= 4 is 18.1 Å². The summed E-state index contributed by atoms with van der Waals surface area (Å²) in [5, 5.41) is 0. The van der Waals surface area contributed by atoms with E-state index in [4.69, 9.17) is 14.2 Å². The molecule has 0 saturated carbocycles. The molecular formula is C15H18O7. The number of methoxy groups -OCH3 is 1. The normalized spacial score (nSPS) is 11.5. The molecule has 1 aromatic rings. The average Bonchev–Trinajstić information content (AvgIpc) is 2.46. The molecule has 7 heteroatoms. The maximum absolute atomic E-state index is 11.5. The van der Waals surface area contributed by atoms with Gasteiger partial charge in [-0.25, -0.2) is 9.59 Å². The summed E-state index contributed by atoms with van der Waals surface area (Å²) in [4.78, 5) is 34.1. The predicted molar refractivity (Wildman–Crippen MR) is 75.3 cm³/mol. The molecule has 22 heavy (non-hydrogen) atoms. The van der Waals surface area contributed by atoms with Crippen molar-refractivity contribution in [2.24, 2.45) is 5.92 Å². The van der Waals surface area contributed by atoms with Crippen molar-refractivity contribution in [3.05, 3.63) is 29.8 Å². The van der Waals surface area contributed by atoms with Crippen LogP contribution in [0.5, 0.6) is 5.75 Å². The van der Waals surface area contributed by atoms with E-state index in [0.29, 0.717) is 5.56 Å². The third kappa shape index (κ3) is 5.43. The van der Waals surface area contributed by atoms with Crippen LogP contribution in [-0.2, 0) is 19.0 Å². The number of carbonyl (C=O) groups excluding carboxylic acids is 3. The number of ether oxygens (including phenoxy) is 4. The van der Waals surface area contributed by atoms with Crippen molar-refractivity contribution in [1.82, 2.24) is 0 Å². The third-order valence-corrected chi connectivity index (χ3v) is 2.49. The van der Waals surface area contributed by atoms with E-state index in [1.54, 1.807) is 13.8 Å². The van der Waals surface area contributed by atoms with Gasteiger partial charge in [-0.05, 0) is 24.3 Å². The van der Waals surface area contributed by atoms with E-state index < -0.39 is 24.4 Å². The molecule has 0 saturated heterocycles. The van der Waals surface area contributed by atoms with Crippen molar-refractivity contribution < 1.29 is 33.3 Å². The summed E-state index contributed by atoms with van der Waals surface area (Å²) in [6, 6.07) is 5.71. The maximum atomic E-state index is 11.5. The molecule has 0 aliphatic heterocycles. The molecule has 0 aliphatic rings. The summed E-state index contributed by atoms with van der Waals surface area (Å²) >= 11 is 0. The summed E-state index contributed by atoms with van der Waals surface area (Å²) in [6.45, 7) is 4.73. The summed E-state index contributed by atoms with van der Waals surface area (Å²) in [7, 11) is 1.27. The minimum Gasteiger partial charge on any atom is -0.465 e. The van der Waals surface area contributed by atoms with Gasteiger partial charge >= 0.3 is 18.1 Å². The Bertz CT molecular complexity index is 533. The number of benzene rings is 1. The highest BCUT2D eigenvalue weighted by Crippen LogP contribution is 2.14. The van der Waals surface area contributed by atoms with Crippen LogP contribution in [-0.4, -0.2) is 31.5 Å². The number of carbonyl (C=O) groups is 3. The lowest BCUT2D eigenvalue weighted by atomic mass is 10.2. The highest BCUT2D eigenvalue weighted by atomic mass is 16.8. The van der Waals surface area contributed by atoms with Gasteiger partial charge in [-0.15, -0.1) is 0 Å². The molecule has 0 aliphatic carbocycles. The first-order valence-corrected chi connectivity index (χ1v) is 6.60. The largest absolute Gasteiger partial charge is 0.516 e. The smallest absolute Gasteiger partial charge is 0.465 e. The molecule has 120 valence electrons. The lowest BCUT2D eigenvalue weighted by Gasteiger charge is -2.15. The Labute approximate surface area is 128 Å². The van der Waals surface area contributed by atoms with Crippen LogP contribution in [0.2, 0.25) is 0 Å². The van der Waals surface area contributed by atoms with Crippen LogP contribution in [0, 0.1) is 5.92 Å². The molecular weight excluding hydrogens is 292 g/mol. The maximum Gasteiger partial charge on any atom is 0.516 e. The topological polar surface area (TPSA) is 88.1 Å². The Morgan fingerprint density at radius 3 is 2.05 bits per heavy atom. The zero-order valence-corrected chi connectivity index (χ0v) is 12.8. The minimum absolute atomic E-state index is 0.181. The van der Waals surface area contributed by atoms with E-state index in [1.165, 1.54) is 38.3 Å². The van der Waals surface area contributed by atoms with Gasteiger partial charge in [0, 0.05) is 6.92 Å². The molecule has 0 heterocycles. The fraction of sp³-hybridized carbons (Fsp3) is 0.400. The van der Waals surface area contributed by atoms with Crippen LogP contribution < -0.4 is 4.74 Å². The van der Waals surface area contributed by atoms with E-state index in [0.717, 1.165) is 0 Å². The Balaban J connectivity index is 2.51. The number of hydrogen-bond donors (Lipinski definition) is 0. The fourth-order valence-corrected chi connectivity index (χ4v) is 1.36. The molecule has 0 fully saturated rings. The van der Waals surface area contributed by atoms with Gasteiger partial charge in [0.05, 0.1) is 18.6 Å². The molecule has 0 amide bonds. The summed E-state index contributed by atoms with van der Waals surface area (Å²) in [6.07, 6.45) is -2.08. The van der Waals surface area contributed by atoms with E-state index >= 15 is 0 Å². The zero-order chi connectivity index (χ0) is 16.7. The predicted octanol–water partition coefficient (Wildman–Crippen LogP) is 2.53. The second-order valence-corrected chi connectivity index (χ2v) is 4.65. The van der Waals surface area contributed by atoms with Crippen molar-refractivity contribution in [1.29, 1.82) is 0 Å². The number of hydrogen-bond acceptors (Lipinski definition) is 7. The number of rotatable bonds is 5. The van der Waals surface area contributed by atoms with Crippen molar-refractivity contribution in [3.8, 4) is 5.75 Å². The second-order valence-electron chi connectivity index (χ2n) is 4.65. The van der Waals surface area contributed by atoms with Gasteiger partial charge in [0.25, 0.3) is 0 Å². The first-order chi connectivity index (χ1) is 10.3. The van der Waals surface area contributed by atoms with E-state index in [9.17, 15) is 14.4 Å². The summed E-state index contributed by atoms with van der Waals surface area (Å²) in [5.74, 6) is -1.13. The average molecular weight is 310 g/mol. The quantitative estimate of drug-likeness (QED) is 0.469. The van der Waals surface area contributed by atoms with E-state index in [-0.39, 0.29) is 11.7 Å². The Kier molecular flexibility index (Phi) is 6.37. The van der Waals surface area contributed by atoms with Gasteiger partial charge in [-0.1, -0.05) is 13.8 Å². The fourth-order valence-electron chi connectivity index (χ4n) is 1.36.